The first-order chi connectivity index (χ1) is 6.93. The molecule has 0 heterocycles. The number of nitrogens with zero attached hydrogens (tertiary/aromatic N) is 1. The van der Waals surface area contributed by atoms with Crippen LogP contribution in [0.3, 0.4) is 0 Å². The lowest BCUT2D eigenvalue weighted by Gasteiger charge is -2.18. The molecule has 0 aromatic heterocycles. The van der Waals surface area contributed by atoms with Crippen LogP contribution in [0.1, 0.15) is 12.5 Å². The first kappa shape index (κ1) is 11.6. The molecule has 82 valence electrons. The number of hydrogen-bond donors (Lipinski definition) is 0. The molecule has 1 rings (SSSR count). The van der Waals surface area contributed by atoms with E-state index in [0.29, 0.717) is 5.56 Å². The molecule has 0 aliphatic heterocycles. The molecule has 0 saturated carbocycles. The maximum absolute atomic E-state index is 13.4. The van der Waals surface area contributed by atoms with E-state index >= 15 is 0 Å². The van der Waals surface area contributed by atoms with Crippen LogP contribution in [0.2, 0.25) is 0 Å². The zero-order valence-corrected chi connectivity index (χ0v) is 8.97. The van der Waals surface area contributed by atoms with Crippen LogP contribution < -0.4 is 4.90 Å². The van der Waals surface area contributed by atoms with Gasteiger partial charge in [0.2, 0.25) is 0 Å². The van der Waals surface area contributed by atoms with Crippen molar-refractivity contribution >= 4 is 11.5 Å². The van der Waals surface area contributed by atoms with Crippen molar-refractivity contribution in [2.75, 3.05) is 19.0 Å². The zero-order valence-electron chi connectivity index (χ0n) is 8.97. The molecule has 0 spiro atoms. The maximum atomic E-state index is 13.4. The van der Waals surface area contributed by atoms with E-state index in [2.05, 4.69) is 0 Å². The Balaban J connectivity index is 3.26. The van der Waals surface area contributed by atoms with Crippen molar-refractivity contribution in [1.29, 1.82) is 0 Å². The molecular weight excluding hydrogens is 200 g/mol. The molecule has 0 aliphatic carbocycles. The molecule has 0 saturated heterocycles. The van der Waals surface area contributed by atoms with E-state index in [1.165, 1.54) is 17.9 Å². The molecule has 0 aliphatic rings. The van der Waals surface area contributed by atoms with E-state index in [0.717, 1.165) is 6.07 Å². The fourth-order valence-corrected chi connectivity index (χ4v) is 1.47. The summed E-state index contributed by atoms with van der Waals surface area (Å²) < 4.78 is 26.4. The van der Waals surface area contributed by atoms with Gasteiger partial charge in [0, 0.05) is 20.5 Å². The second-order valence-corrected chi connectivity index (χ2v) is 3.64. The Bertz CT molecular complexity index is 388. The average molecular weight is 213 g/mol. The van der Waals surface area contributed by atoms with Gasteiger partial charge >= 0.3 is 0 Å². The van der Waals surface area contributed by atoms with Gasteiger partial charge in [0.1, 0.15) is 5.78 Å². The van der Waals surface area contributed by atoms with Gasteiger partial charge in [-0.15, -0.1) is 0 Å². The summed E-state index contributed by atoms with van der Waals surface area (Å²) >= 11 is 0. The highest BCUT2D eigenvalue weighted by Gasteiger charge is 2.15. The van der Waals surface area contributed by atoms with Crippen molar-refractivity contribution in [1.82, 2.24) is 0 Å². The second-order valence-electron chi connectivity index (χ2n) is 3.64. The summed E-state index contributed by atoms with van der Waals surface area (Å²) in [5, 5.41) is 0. The minimum Gasteiger partial charge on any atom is -0.375 e. The average Bonchev–Trinajstić information content (AvgIpc) is 2.10. The van der Waals surface area contributed by atoms with Gasteiger partial charge in [-0.3, -0.25) is 4.79 Å². The number of anilines is 1. The first-order valence-electron chi connectivity index (χ1n) is 4.57. The van der Waals surface area contributed by atoms with Crippen LogP contribution in [0.25, 0.3) is 0 Å². The summed E-state index contributed by atoms with van der Waals surface area (Å²) in [4.78, 5) is 12.4. The van der Waals surface area contributed by atoms with Gasteiger partial charge in [-0.1, -0.05) is 6.07 Å². The number of halogens is 2. The Morgan fingerprint density at radius 3 is 2.40 bits per heavy atom. The smallest absolute Gasteiger partial charge is 0.182 e. The van der Waals surface area contributed by atoms with Crippen LogP contribution in [-0.4, -0.2) is 19.9 Å². The number of ketones is 1. The minimum absolute atomic E-state index is 0.0795. The third-order valence-electron chi connectivity index (χ3n) is 2.04. The van der Waals surface area contributed by atoms with Crippen molar-refractivity contribution in [3.05, 3.63) is 29.3 Å². The number of carbonyl (C=O) groups is 1. The largest absolute Gasteiger partial charge is 0.375 e. The SMILES string of the molecule is CC(=O)Cc1ccc(F)c(F)c1N(C)C. The molecule has 0 unspecified atom stereocenters. The third kappa shape index (κ3) is 2.52. The van der Waals surface area contributed by atoms with E-state index < -0.39 is 11.6 Å². The summed E-state index contributed by atoms with van der Waals surface area (Å²) in [5.74, 6) is -1.88. The lowest BCUT2D eigenvalue weighted by atomic mass is 10.1. The lowest BCUT2D eigenvalue weighted by molar-refractivity contribution is -0.116. The quantitative estimate of drug-likeness (QED) is 0.766. The molecule has 0 N–H and O–H groups in total. The fourth-order valence-electron chi connectivity index (χ4n) is 1.47. The summed E-state index contributed by atoms with van der Waals surface area (Å²) in [6.07, 6.45) is 0.116. The van der Waals surface area contributed by atoms with Crippen LogP contribution in [0, 0.1) is 11.6 Å². The van der Waals surface area contributed by atoms with Crippen molar-refractivity contribution in [2.45, 2.75) is 13.3 Å². The fraction of sp³-hybridized carbons (Fsp3) is 0.364. The van der Waals surface area contributed by atoms with E-state index in [-0.39, 0.29) is 17.9 Å². The first-order valence-corrected chi connectivity index (χ1v) is 4.57. The van der Waals surface area contributed by atoms with Crippen LogP contribution in [0.4, 0.5) is 14.5 Å². The summed E-state index contributed by atoms with van der Waals surface area (Å²) in [7, 11) is 3.23. The van der Waals surface area contributed by atoms with Gasteiger partial charge in [0.25, 0.3) is 0 Å². The standard InChI is InChI=1S/C11H13F2NO/c1-7(15)6-8-4-5-9(12)10(13)11(8)14(2)3/h4-5H,6H2,1-3H3. The Morgan fingerprint density at radius 2 is 1.93 bits per heavy atom. The number of carbonyl (C=O) groups excluding carboxylic acids is 1. The van der Waals surface area contributed by atoms with Gasteiger partial charge in [0.15, 0.2) is 11.6 Å². The topological polar surface area (TPSA) is 20.3 Å². The summed E-state index contributed by atoms with van der Waals surface area (Å²) in [5.41, 5.74) is 0.650. The van der Waals surface area contributed by atoms with E-state index in [1.807, 2.05) is 0 Å². The minimum atomic E-state index is -0.904. The van der Waals surface area contributed by atoms with Crippen LogP contribution in [0.5, 0.6) is 0 Å². The number of benzene rings is 1. The van der Waals surface area contributed by atoms with Crippen LogP contribution in [-0.2, 0) is 11.2 Å². The van der Waals surface area contributed by atoms with Crippen molar-refractivity contribution in [3.8, 4) is 0 Å². The molecule has 0 radical (unpaired) electrons. The van der Waals surface area contributed by atoms with Gasteiger partial charge in [-0.05, 0) is 18.6 Å². The molecule has 1 aromatic rings. The highest BCUT2D eigenvalue weighted by Crippen LogP contribution is 2.25. The van der Waals surface area contributed by atoms with Crippen LogP contribution >= 0.6 is 0 Å². The highest BCUT2D eigenvalue weighted by molar-refractivity contribution is 5.80. The normalized spacial score (nSPS) is 10.2. The van der Waals surface area contributed by atoms with E-state index in [9.17, 15) is 13.6 Å². The third-order valence-corrected chi connectivity index (χ3v) is 2.04. The molecule has 0 fully saturated rings. The Morgan fingerprint density at radius 1 is 1.33 bits per heavy atom. The predicted molar refractivity (Wildman–Crippen MR) is 55.1 cm³/mol. The van der Waals surface area contributed by atoms with Gasteiger partial charge < -0.3 is 4.90 Å². The Labute approximate surface area is 87.5 Å². The van der Waals surface area contributed by atoms with Crippen molar-refractivity contribution in [2.24, 2.45) is 0 Å². The van der Waals surface area contributed by atoms with Crippen molar-refractivity contribution in [3.63, 3.8) is 0 Å². The molecule has 4 heteroatoms. The number of rotatable bonds is 3. The molecule has 0 bridgehead atoms. The highest BCUT2D eigenvalue weighted by atomic mass is 19.2. The van der Waals surface area contributed by atoms with Gasteiger partial charge in [-0.25, -0.2) is 8.78 Å². The monoisotopic (exact) mass is 213 g/mol. The summed E-state index contributed by atoms with van der Waals surface area (Å²) in [6.45, 7) is 1.42. The molecule has 15 heavy (non-hydrogen) atoms. The lowest BCUT2D eigenvalue weighted by Crippen LogP contribution is -2.15. The molecule has 0 amide bonds. The molecule has 2 nitrogen and oxygen atoms in total. The number of hydrogen-bond acceptors (Lipinski definition) is 2. The summed E-state index contributed by atoms with van der Waals surface area (Å²) in [6, 6.07) is 2.48. The second kappa shape index (κ2) is 4.38. The van der Waals surface area contributed by atoms with Gasteiger partial charge in [-0.2, -0.15) is 0 Å². The predicted octanol–water partition coefficient (Wildman–Crippen LogP) is 2.16. The molecule has 1 aromatic carbocycles. The Hall–Kier alpha value is -1.45. The maximum Gasteiger partial charge on any atom is 0.182 e. The van der Waals surface area contributed by atoms with E-state index in [4.69, 9.17) is 0 Å². The van der Waals surface area contributed by atoms with Crippen molar-refractivity contribution < 1.29 is 13.6 Å². The molecular formula is C11H13F2NO. The molecule has 0 atom stereocenters. The van der Waals surface area contributed by atoms with Gasteiger partial charge in [0.05, 0.1) is 5.69 Å². The Kier molecular flexibility index (Phi) is 3.39. The van der Waals surface area contributed by atoms with E-state index in [1.54, 1.807) is 14.1 Å². The number of Topliss-reactive ketones (excluding diaryl/α,β-unsaturated/α-hetero) is 1. The zero-order chi connectivity index (χ0) is 11.6. The van der Waals surface area contributed by atoms with Crippen LogP contribution in [0.15, 0.2) is 12.1 Å².